The van der Waals surface area contributed by atoms with Gasteiger partial charge in [0.05, 0.1) is 5.48 Å². The van der Waals surface area contributed by atoms with Crippen LogP contribution in [0.5, 0.6) is 0 Å². The maximum absolute atomic E-state index is 9.84. The Labute approximate surface area is 410 Å². The molecule has 0 bridgehead atoms. The molecule has 0 aromatic heterocycles. The van der Waals surface area contributed by atoms with Crippen molar-refractivity contribution >= 4 is 38.6 Å². The summed E-state index contributed by atoms with van der Waals surface area (Å²) in [5.74, 6) is 0. The van der Waals surface area contributed by atoms with Crippen molar-refractivity contribution in [3.05, 3.63) is 285 Å². The van der Waals surface area contributed by atoms with Crippen LogP contribution >= 0.6 is 0 Å². The first-order chi connectivity index (χ1) is 35.9. The molecule has 324 valence electrons. The molecule has 0 unspecified atom stereocenters. The summed E-state index contributed by atoms with van der Waals surface area (Å²) in [6.45, 7) is 0. The Morgan fingerprint density at radius 1 is 0.232 bits per heavy atom. The summed E-state index contributed by atoms with van der Waals surface area (Å²) < 4.78 is 39.1. The number of rotatable bonds is 10. The van der Waals surface area contributed by atoms with E-state index < -0.39 is 0 Å². The second-order valence-electron chi connectivity index (χ2n) is 17.4. The topological polar surface area (TPSA) is 3.24 Å². The minimum atomic E-state index is -0.138. The van der Waals surface area contributed by atoms with Crippen molar-refractivity contribution in [3.8, 4) is 77.9 Å². The van der Waals surface area contributed by atoms with Crippen LogP contribution in [0.2, 0.25) is 0 Å². The van der Waals surface area contributed by atoms with Crippen molar-refractivity contribution in [1.29, 1.82) is 0 Å². The second-order valence-corrected chi connectivity index (χ2v) is 17.4. The molecule has 0 fully saturated rings. The van der Waals surface area contributed by atoms with Gasteiger partial charge in [0.15, 0.2) is 0 Å². The van der Waals surface area contributed by atoms with Crippen LogP contribution in [0.25, 0.3) is 99.4 Å². The first-order valence-electron chi connectivity index (χ1n) is 25.4. The Morgan fingerprint density at radius 2 is 0.681 bits per heavy atom. The lowest BCUT2D eigenvalue weighted by Gasteiger charge is -2.26. The Bertz CT molecular complexity index is 3960. The highest BCUT2D eigenvalue weighted by Gasteiger charge is 2.17. The number of benzene rings is 12. The molecule has 0 heterocycles. The largest absolute Gasteiger partial charge is 0.311 e. The van der Waals surface area contributed by atoms with Gasteiger partial charge in [-0.2, -0.15) is 0 Å². The lowest BCUT2D eigenvalue weighted by molar-refractivity contribution is 1.28. The maximum Gasteiger partial charge on any atom is 0.0645 e. The first kappa shape index (κ1) is 37.1. The smallest absolute Gasteiger partial charge is 0.0645 e. The molecule has 12 aromatic carbocycles. The van der Waals surface area contributed by atoms with Gasteiger partial charge in [0.1, 0.15) is 0 Å². The molecule has 0 atom stereocenters. The van der Waals surface area contributed by atoms with Crippen LogP contribution in [0.3, 0.4) is 0 Å². The van der Waals surface area contributed by atoms with Gasteiger partial charge >= 0.3 is 0 Å². The standard InChI is InChI=1S/C68H47N/c1-4-16-51(17-5-1)64-43-36-60(47-67(64)53-20-8-3-9-21-53)50-31-39-62(40-32-50)69(61-37-29-49(30-38-61)57-24-14-25-58(45-57)59-28-27-48-15-10-11-23-56(48)46-59)63-41-33-55(34-42-63)68-65-26-13-12-22-54(65)35-44-66(68)52-18-6-2-7-19-52/h1-47H/i31D,32D,39D,40D. The van der Waals surface area contributed by atoms with Gasteiger partial charge in [-0.15, -0.1) is 0 Å². The van der Waals surface area contributed by atoms with Crippen molar-refractivity contribution < 1.29 is 5.48 Å². The SMILES string of the molecule is [2H]c1c([2H])c(N(c2ccc(-c3cccc(-c4ccc5ccccc5c4)c3)cc2)c2ccc(-c3c(-c4ccccc4)ccc4ccccc34)cc2)c([2H])c([2H])c1-c1ccc(-c2ccccc2)c(-c2ccccc2)c1. The van der Waals surface area contributed by atoms with E-state index in [9.17, 15) is 5.48 Å². The van der Waals surface area contributed by atoms with E-state index in [0.717, 1.165) is 77.5 Å². The molecule has 1 heteroatoms. The quantitative estimate of drug-likeness (QED) is 0.132. The predicted octanol–water partition coefficient (Wildman–Crippen LogP) is 19.1. The number of nitrogens with zero attached hydrogens (tertiary/aromatic N) is 1. The third-order valence-corrected chi connectivity index (χ3v) is 13.1. The molecule has 12 aromatic rings. The molecule has 0 radical (unpaired) electrons. The zero-order valence-electron chi connectivity index (χ0n) is 41.8. The molecule has 0 aliphatic rings. The van der Waals surface area contributed by atoms with E-state index >= 15 is 0 Å². The molecule has 0 saturated carbocycles. The highest BCUT2D eigenvalue weighted by molar-refractivity contribution is 6.04. The van der Waals surface area contributed by atoms with Crippen molar-refractivity contribution in [2.45, 2.75) is 0 Å². The third-order valence-electron chi connectivity index (χ3n) is 13.1. The first-order valence-corrected chi connectivity index (χ1v) is 23.4. The number of fused-ring (bicyclic) bond motifs is 2. The molecule has 0 spiro atoms. The fraction of sp³-hybridized carbons (Fsp3) is 0. The van der Waals surface area contributed by atoms with E-state index in [1.165, 1.54) is 10.8 Å². The highest BCUT2D eigenvalue weighted by atomic mass is 15.1. The number of anilines is 3. The van der Waals surface area contributed by atoms with Gasteiger partial charge in [0, 0.05) is 17.1 Å². The highest BCUT2D eigenvalue weighted by Crippen LogP contribution is 2.43. The third kappa shape index (κ3) is 8.28. The van der Waals surface area contributed by atoms with Crippen LogP contribution in [-0.4, -0.2) is 0 Å². The van der Waals surface area contributed by atoms with E-state index in [0.29, 0.717) is 16.9 Å². The fourth-order valence-corrected chi connectivity index (χ4v) is 9.66. The monoisotopic (exact) mass is 881 g/mol. The zero-order chi connectivity index (χ0) is 49.4. The van der Waals surface area contributed by atoms with Gasteiger partial charge < -0.3 is 4.90 Å². The summed E-state index contributed by atoms with van der Waals surface area (Å²) in [6, 6.07) is 88.9. The average molecular weight is 882 g/mol. The minimum Gasteiger partial charge on any atom is -0.311 e. The molecule has 0 N–H and O–H groups in total. The maximum atomic E-state index is 9.84. The van der Waals surface area contributed by atoms with Crippen molar-refractivity contribution in [2.75, 3.05) is 4.90 Å². The summed E-state index contributed by atoms with van der Waals surface area (Å²) >= 11 is 0. The van der Waals surface area contributed by atoms with Crippen LogP contribution in [0.1, 0.15) is 5.48 Å². The normalized spacial score (nSPS) is 12.0. The van der Waals surface area contributed by atoms with E-state index in [1.54, 1.807) is 0 Å². The van der Waals surface area contributed by atoms with E-state index in [-0.39, 0.29) is 35.4 Å². The molecular weight excluding hydrogens is 831 g/mol. The summed E-state index contributed by atoms with van der Waals surface area (Å²) in [7, 11) is 0. The molecular formula is C68H47N. The van der Waals surface area contributed by atoms with Gasteiger partial charge in [-0.3, -0.25) is 0 Å². The molecule has 1 nitrogen and oxygen atoms in total. The van der Waals surface area contributed by atoms with E-state index in [2.05, 4.69) is 176 Å². The fourth-order valence-electron chi connectivity index (χ4n) is 9.66. The van der Waals surface area contributed by atoms with E-state index in [4.69, 9.17) is 0 Å². The van der Waals surface area contributed by atoms with Gasteiger partial charge in [-0.05, 0) is 154 Å². The summed E-state index contributed by atoms with van der Waals surface area (Å²) in [4.78, 5) is 1.87. The Hall–Kier alpha value is -9.04. The van der Waals surface area contributed by atoms with Crippen molar-refractivity contribution in [2.24, 2.45) is 0 Å². The molecule has 69 heavy (non-hydrogen) atoms. The Kier molecular flexibility index (Phi) is 9.85. The van der Waals surface area contributed by atoms with Crippen molar-refractivity contribution in [3.63, 3.8) is 0 Å². The van der Waals surface area contributed by atoms with Gasteiger partial charge in [0.2, 0.25) is 0 Å². The van der Waals surface area contributed by atoms with Crippen LogP contribution in [0.15, 0.2) is 285 Å². The summed E-state index contributed by atoms with van der Waals surface area (Å²) in [6.07, 6.45) is 0. The Balaban J connectivity index is 0.992. The average Bonchev–Trinajstić information content (AvgIpc) is 3.46. The van der Waals surface area contributed by atoms with E-state index in [1.807, 2.05) is 89.8 Å². The Morgan fingerprint density at radius 3 is 1.35 bits per heavy atom. The summed E-state index contributed by atoms with van der Waals surface area (Å²) in [5, 5.41) is 4.67. The van der Waals surface area contributed by atoms with Crippen LogP contribution < -0.4 is 4.90 Å². The molecule has 0 aliphatic heterocycles. The number of hydrogen-bond acceptors (Lipinski definition) is 1. The second kappa shape index (κ2) is 18.3. The molecule has 0 saturated heterocycles. The van der Waals surface area contributed by atoms with Crippen LogP contribution in [-0.2, 0) is 0 Å². The molecule has 0 amide bonds. The number of hydrogen-bond donors (Lipinski definition) is 0. The van der Waals surface area contributed by atoms with Gasteiger partial charge in [-0.25, -0.2) is 0 Å². The van der Waals surface area contributed by atoms with Crippen LogP contribution in [0.4, 0.5) is 17.1 Å². The molecule has 12 rings (SSSR count). The lowest BCUT2D eigenvalue weighted by Crippen LogP contribution is -2.09. The molecule has 0 aliphatic carbocycles. The summed E-state index contributed by atoms with van der Waals surface area (Å²) in [5.41, 5.74) is 15.1. The predicted molar refractivity (Wildman–Crippen MR) is 294 cm³/mol. The van der Waals surface area contributed by atoms with Gasteiger partial charge in [-0.1, -0.05) is 230 Å². The zero-order valence-corrected chi connectivity index (χ0v) is 37.8. The van der Waals surface area contributed by atoms with Crippen LogP contribution in [0, 0.1) is 0 Å². The van der Waals surface area contributed by atoms with Gasteiger partial charge in [0.25, 0.3) is 0 Å². The van der Waals surface area contributed by atoms with Crippen molar-refractivity contribution in [1.82, 2.24) is 0 Å². The lowest BCUT2D eigenvalue weighted by atomic mass is 9.89. The minimum absolute atomic E-state index is 0.116.